The maximum atomic E-state index is 12.2. The molecular weight excluding hydrogens is 312 g/mol. The fourth-order valence-corrected chi connectivity index (χ4v) is 2.80. The van der Waals surface area contributed by atoms with Gasteiger partial charge in [0.2, 0.25) is 0 Å². The first kappa shape index (κ1) is 18.9. The number of methoxy groups -OCH3 is 1. The van der Waals surface area contributed by atoms with Crippen LogP contribution >= 0.6 is 0 Å². The molecule has 0 spiro atoms. The van der Waals surface area contributed by atoms with E-state index in [0.29, 0.717) is 25.7 Å². The molecule has 25 heavy (non-hydrogen) atoms. The molecule has 0 saturated heterocycles. The summed E-state index contributed by atoms with van der Waals surface area (Å²) in [5.74, 6) is -0.100. The number of rotatable bonds is 9. The fraction of sp³-hybridized carbons (Fsp3) is 0.364. The zero-order valence-corrected chi connectivity index (χ0v) is 15.1. The predicted molar refractivity (Wildman–Crippen MR) is 101 cm³/mol. The summed E-state index contributed by atoms with van der Waals surface area (Å²) < 4.78 is 4.59. The molecule has 0 aliphatic carbocycles. The van der Waals surface area contributed by atoms with Crippen molar-refractivity contribution in [1.82, 2.24) is 0 Å². The van der Waals surface area contributed by atoms with Gasteiger partial charge in [-0.3, -0.25) is 9.59 Å². The molecule has 0 fully saturated rings. The van der Waals surface area contributed by atoms with E-state index in [2.05, 4.69) is 35.9 Å². The summed E-state index contributed by atoms with van der Waals surface area (Å²) in [5.41, 5.74) is 4.36. The summed E-state index contributed by atoms with van der Waals surface area (Å²) in [7, 11) is 1.38. The van der Waals surface area contributed by atoms with Gasteiger partial charge in [0.1, 0.15) is 0 Å². The molecule has 2 aromatic rings. The Hall–Kier alpha value is -2.42. The monoisotopic (exact) mass is 338 g/mol. The molecule has 3 nitrogen and oxygen atoms in total. The molecule has 0 unspecified atom stereocenters. The second-order valence-electron chi connectivity index (χ2n) is 6.23. The van der Waals surface area contributed by atoms with Gasteiger partial charge in [0.15, 0.2) is 5.78 Å². The van der Waals surface area contributed by atoms with Crippen molar-refractivity contribution < 1.29 is 14.3 Å². The van der Waals surface area contributed by atoms with E-state index in [1.165, 1.54) is 12.7 Å². The number of esters is 1. The van der Waals surface area contributed by atoms with Crippen LogP contribution in [-0.2, 0) is 16.0 Å². The second kappa shape index (κ2) is 9.77. The zero-order chi connectivity index (χ0) is 18.1. The zero-order valence-electron chi connectivity index (χ0n) is 15.1. The first-order chi connectivity index (χ1) is 12.1. The third kappa shape index (κ3) is 5.86. The number of unbranched alkanes of at least 4 members (excludes halogenated alkanes) is 1. The summed E-state index contributed by atoms with van der Waals surface area (Å²) in [6, 6.07) is 16.4. The average molecular weight is 338 g/mol. The molecule has 132 valence electrons. The van der Waals surface area contributed by atoms with Gasteiger partial charge in [-0.2, -0.15) is 0 Å². The minimum Gasteiger partial charge on any atom is -0.469 e. The molecule has 0 aliphatic rings. The number of Topliss-reactive ketones (excluding diaryl/α,β-unsaturated/α-hetero) is 1. The standard InChI is InChI=1S/C22H26O3/c1-3-6-17-9-11-18(12-10-17)19-13-15-20(16-14-19)21(23)7-4-5-8-22(24)25-2/h9-16H,3-8H2,1-2H3. The number of hydrogen-bond donors (Lipinski definition) is 0. The van der Waals surface area contributed by atoms with Crippen LogP contribution < -0.4 is 0 Å². The maximum absolute atomic E-state index is 12.2. The van der Waals surface area contributed by atoms with E-state index in [-0.39, 0.29) is 11.8 Å². The Balaban J connectivity index is 1.90. The first-order valence-corrected chi connectivity index (χ1v) is 8.93. The van der Waals surface area contributed by atoms with E-state index < -0.39 is 0 Å². The molecule has 0 saturated carbocycles. The highest BCUT2D eigenvalue weighted by molar-refractivity contribution is 5.96. The van der Waals surface area contributed by atoms with Crippen molar-refractivity contribution in [3.05, 3.63) is 59.7 Å². The molecule has 0 aliphatic heterocycles. The van der Waals surface area contributed by atoms with Gasteiger partial charge in [-0.05, 0) is 36.0 Å². The molecular formula is C22H26O3. The van der Waals surface area contributed by atoms with E-state index in [9.17, 15) is 9.59 Å². The smallest absolute Gasteiger partial charge is 0.305 e. The Morgan fingerprint density at radius 2 is 1.40 bits per heavy atom. The van der Waals surface area contributed by atoms with Crippen molar-refractivity contribution >= 4 is 11.8 Å². The minimum absolute atomic E-state index is 0.120. The highest BCUT2D eigenvalue weighted by atomic mass is 16.5. The van der Waals surface area contributed by atoms with Crippen LogP contribution in [0.2, 0.25) is 0 Å². The molecule has 0 heterocycles. The van der Waals surface area contributed by atoms with Crippen LogP contribution in [0.25, 0.3) is 11.1 Å². The fourth-order valence-electron chi connectivity index (χ4n) is 2.80. The maximum Gasteiger partial charge on any atom is 0.305 e. The van der Waals surface area contributed by atoms with Gasteiger partial charge in [0, 0.05) is 18.4 Å². The lowest BCUT2D eigenvalue weighted by molar-refractivity contribution is -0.140. The second-order valence-corrected chi connectivity index (χ2v) is 6.23. The Morgan fingerprint density at radius 1 is 0.840 bits per heavy atom. The molecule has 0 radical (unpaired) electrons. The number of carbonyl (C=O) groups excluding carboxylic acids is 2. The average Bonchev–Trinajstić information content (AvgIpc) is 2.66. The largest absolute Gasteiger partial charge is 0.469 e. The van der Waals surface area contributed by atoms with E-state index in [4.69, 9.17) is 0 Å². The lowest BCUT2D eigenvalue weighted by atomic mass is 9.99. The number of hydrogen-bond acceptors (Lipinski definition) is 3. The van der Waals surface area contributed by atoms with E-state index in [0.717, 1.165) is 29.5 Å². The number of ether oxygens (including phenoxy) is 1. The number of carbonyl (C=O) groups is 2. The number of aryl methyl sites for hydroxylation is 1. The Morgan fingerprint density at radius 3 is 1.96 bits per heavy atom. The molecule has 0 aromatic heterocycles. The summed E-state index contributed by atoms with van der Waals surface area (Å²) in [6.45, 7) is 2.18. The summed E-state index contributed by atoms with van der Waals surface area (Å²) in [6.07, 6.45) is 4.47. The van der Waals surface area contributed by atoms with Crippen molar-refractivity contribution in [1.29, 1.82) is 0 Å². The topological polar surface area (TPSA) is 43.4 Å². The van der Waals surface area contributed by atoms with Crippen LogP contribution in [0.4, 0.5) is 0 Å². The van der Waals surface area contributed by atoms with Crippen LogP contribution in [0.1, 0.15) is 54.9 Å². The lowest BCUT2D eigenvalue weighted by Gasteiger charge is -2.06. The third-order valence-corrected chi connectivity index (χ3v) is 4.30. The molecule has 0 atom stereocenters. The number of ketones is 1. The van der Waals surface area contributed by atoms with Gasteiger partial charge in [-0.25, -0.2) is 0 Å². The normalized spacial score (nSPS) is 10.5. The van der Waals surface area contributed by atoms with Crippen LogP contribution in [0.5, 0.6) is 0 Å². The third-order valence-electron chi connectivity index (χ3n) is 4.30. The van der Waals surface area contributed by atoms with Gasteiger partial charge >= 0.3 is 5.97 Å². The SMILES string of the molecule is CCCc1ccc(-c2ccc(C(=O)CCCCC(=O)OC)cc2)cc1. The van der Waals surface area contributed by atoms with Gasteiger partial charge < -0.3 is 4.74 Å². The number of benzene rings is 2. The molecule has 2 rings (SSSR count). The highest BCUT2D eigenvalue weighted by Gasteiger charge is 2.07. The van der Waals surface area contributed by atoms with Gasteiger partial charge in [0.25, 0.3) is 0 Å². The van der Waals surface area contributed by atoms with Crippen LogP contribution in [0.15, 0.2) is 48.5 Å². The first-order valence-electron chi connectivity index (χ1n) is 8.93. The summed E-state index contributed by atoms with van der Waals surface area (Å²) in [5, 5.41) is 0. The van der Waals surface area contributed by atoms with Gasteiger partial charge in [0.05, 0.1) is 7.11 Å². The molecule has 2 aromatic carbocycles. The van der Waals surface area contributed by atoms with Crippen molar-refractivity contribution in [2.75, 3.05) is 7.11 Å². The van der Waals surface area contributed by atoms with Crippen molar-refractivity contribution in [3.63, 3.8) is 0 Å². The summed E-state index contributed by atoms with van der Waals surface area (Å²) in [4.78, 5) is 23.3. The predicted octanol–water partition coefficient (Wildman–Crippen LogP) is 5.22. The van der Waals surface area contributed by atoms with E-state index >= 15 is 0 Å². The van der Waals surface area contributed by atoms with Crippen molar-refractivity contribution in [2.45, 2.75) is 45.4 Å². The molecule has 0 N–H and O–H groups in total. The highest BCUT2D eigenvalue weighted by Crippen LogP contribution is 2.21. The van der Waals surface area contributed by atoms with E-state index in [1.54, 1.807) is 0 Å². The Bertz CT molecular complexity index is 684. The molecule has 0 bridgehead atoms. The molecule has 3 heteroatoms. The lowest BCUT2D eigenvalue weighted by Crippen LogP contribution is -2.02. The quantitative estimate of drug-likeness (QED) is 0.357. The van der Waals surface area contributed by atoms with Crippen LogP contribution in [0.3, 0.4) is 0 Å². The summed E-state index contributed by atoms with van der Waals surface area (Å²) >= 11 is 0. The van der Waals surface area contributed by atoms with Crippen molar-refractivity contribution in [3.8, 4) is 11.1 Å². The minimum atomic E-state index is -0.221. The van der Waals surface area contributed by atoms with Gasteiger partial charge in [-0.15, -0.1) is 0 Å². The van der Waals surface area contributed by atoms with Crippen molar-refractivity contribution in [2.24, 2.45) is 0 Å². The Labute approximate surface area is 150 Å². The Kier molecular flexibility index (Phi) is 7.39. The molecule has 0 amide bonds. The van der Waals surface area contributed by atoms with E-state index in [1.807, 2.05) is 24.3 Å². The van der Waals surface area contributed by atoms with Crippen LogP contribution in [0, 0.1) is 0 Å². The van der Waals surface area contributed by atoms with Gasteiger partial charge in [-0.1, -0.05) is 61.9 Å². The van der Waals surface area contributed by atoms with Crippen LogP contribution in [-0.4, -0.2) is 18.9 Å².